The molecule has 3 aromatic rings. The summed E-state index contributed by atoms with van der Waals surface area (Å²) in [6, 6.07) is 14.0. The summed E-state index contributed by atoms with van der Waals surface area (Å²) in [5.74, 6) is 0.147. The van der Waals surface area contributed by atoms with E-state index in [1.54, 1.807) is 6.92 Å². The molecule has 7 heteroatoms. The van der Waals surface area contributed by atoms with E-state index >= 15 is 0 Å². The summed E-state index contributed by atoms with van der Waals surface area (Å²) in [4.78, 5) is 25.4. The van der Waals surface area contributed by atoms with E-state index in [1.165, 1.54) is 16.9 Å². The van der Waals surface area contributed by atoms with Crippen molar-refractivity contribution in [1.29, 1.82) is 0 Å². The second-order valence-electron chi connectivity index (χ2n) is 9.34. The van der Waals surface area contributed by atoms with E-state index in [0.717, 1.165) is 26.9 Å². The summed E-state index contributed by atoms with van der Waals surface area (Å²) >= 11 is 4.91. The van der Waals surface area contributed by atoms with Gasteiger partial charge in [0, 0.05) is 17.4 Å². The van der Waals surface area contributed by atoms with E-state index in [0.29, 0.717) is 23.6 Å². The number of esters is 1. The maximum atomic E-state index is 12.7. The van der Waals surface area contributed by atoms with Gasteiger partial charge in [-0.3, -0.25) is 4.79 Å². The minimum absolute atomic E-state index is 0.0582. The fourth-order valence-electron chi connectivity index (χ4n) is 3.49. The molecular weight excluding hydrogens is 526 g/mol. The van der Waals surface area contributed by atoms with Crippen LogP contribution in [-0.2, 0) is 14.9 Å². The average Bonchev–Trinajstić information content (AvgIpc) is 3.21. The first kappa shape index (κ1) is 27.0. The number of ether oxygens (including phenoxy) is 2. The van der Waals surface area contributed by atoms with Crippen LogP contribution >= 0.6 is 27.3 Å². The fourth-order valence-corrected chi connectivity index (χ4v) is 4.96. The normalized spacial score (nSPS) is 11.3. The van der Waals surface area contributed by atoms with Crippen molar-refractivity contribution in [2.45, 2.75) is 52.9 Å². The van der Waals surface area contributed by atoms with Crippen molar-refractivity contribution in [3.05, 3.63) is 69.0 Å². The third-order valence-corrected chi connectivity index (χ3v) is 7.00. The summed E-state index contributed by atoms with van der Waals surface area (Å²) < 4.78 is 12.0. The number of thiophene rings is 1. The van der Waals surface area contributed by atoms with Gasteiger partial charge >= 0.3 is 5.97 Å². The van der Waals surface area contributed by atoms with Gasteiger partial charge in [0.2, 0.25) is 5.91 Å². The fraction of sp³-hybridized carbons (Fsp3) is 0.357. The lowest BCUT2D eigenvalue weighted by Gasteiger charge is -2.20. The van der Waals surface area contributed by atoms with Crippen molar-refractivity contribution >= 4 is 44.1 Å². The standard InChI is InChI=1S/C28H32BrNO4S/c1-6-33-27(32)25-21(19-11-9-18(2)10-12-19)17-35-26(25)30-24(31)8-7-15-34-23-14-13-20(16-22(23)29)28(3,4)5/h9-14,16-17H,6-8,15H2,1-5H3,(H,30,31). The first-order valence-corrected chi connectivity index (χ1v) is 13.4. The predicted octanol–water partition coefficient (Wildman–Crippen LogP) is 7.76. The molecule has 35 heavy (non-hydrogen) atoms. The van der Waals surface area contributed by atoms with E-state index in [9.17, 15) is 9.59 Å². The van der Waals surface area contributed by atoms with Gasteiger partial charge in [-0.15, -0.1) is 11.3 Å². The van der Waals surface area contributed by atoms with Gasteiger partial charge in [0.1, 0.15) is 16.3 Å². The van der Waals surface area contributed by atoms with Crippen LogP contribution in [0.4, 0.5) is 5.00 Å². The molecule has 0 saturated carbocycles. The topological polar surface area (TPSA) is 64.6 Å². The molecule has 1 heterocycles. The molecule has 1 N–H and O–H groups in total. The van der Waals surface area contributed by atoms with Gasteiger partial charge in [0.15, 0.2) is 0 Å². The second kappa shape index (κ2) is 11.9. The zero-order valence-corrected chi connectivity index (χ0v) is 23.3. The zero-order valence-electron chi connectivity index (χ0n) is 20.9. The second-order valence-corrected chi connectivity index (χ2v) is 11.1. The van der Waals surface area contributed by atoms with Gasteiger partial charge in [-0.25, -0.2) is 4.79 Å². The minimum Gasteiger partial charge on any atom is -0.492 e. The lowest BCUT2D eigenvalue weighted by atomic mass is 9.87. The molecule has 3 rings (SSSR count). The number of amides is 1. The molecule has 0 spiro atoms. The first-order chi connectivity index (χ1) is 16.6. The van der Waals surface area contributed by atoms with E-state index in [-0.39, 0.29) is 24.3 Å². The maximum Gasteiger partial charge on any atom is 0.341 e. The SMILES string of the molecule is CCOC(=O)c1c(-c2ccc(C)cc2)csc1NC(=O)CCCOc1ccc(C(C)(C)C)cc1Br. The molecule has 0 fully saturated rings. The molecule has 0 saturated heterocycles. The van der Waals surface area contributed by atoms with Gasteiger partial charge in [-0.05, 0) is 64.9 Å². The first-order valence-electron chi connectivity index (χ1n) is 11.7. The Labute approximate surface area is 220 Å². The predicted molar refractivity (Wildman–Crippen MR) is 147 cm³/mol. The number of rotatable bonds is 9. The molecule has 0 unspecified atom stereocenters. The van der Waals surface area contributed by atoms with Gasteiger partial charge < -0.3 is 14.8 Å². The molecule has 1 amide bonds. The molecule has 186 valence electrons. The van der Waals surface area contributed by atoms with Crippen molar-refractivity contribution in [1.82, 2.24) is 0 Å². The molecule has 0 atom stereocenters. The van der Waals surface area contributed by atoms with Crippen molar-refractivity contribution in [2.24, 2.45) is 0 Å². The van der Waals surface area contributed by atoms with E-state index < -0.39 is 5.97 Å². The molecule has 0 aliphatic carbocycles. The van der Waals surface area contributed by atoms with E-state index in [2.05, 4.69) is 54.2 Å². The number of anilines is 1. The Balaban J connectivity index is 1.62. The lowest BCUT2D eigenvalue weighted by Crippen LogP contribution is -2.15. The highest BCUT2D eigenvalue weighted by molar-refractivity contribution is 9.10. The summed E-state index contributed by atoms with van der Waals surface area (Å²) in [7, 11) is 0. The van der Waals surface area contributed by atoms with Crippen LogP contribution in [0, 0.1) is 6.92 Å². The number of halogens is 1. The monoisotopic (exact) mass is 557 g/mol. The number of carbonyl (C=O) groups excluding carboxylic acids is 2. The quantitative estimate of drug-likeness (QED) is 0.215. The van der Waals surface area contributed by atoms with Crippen LogP contribution < -0.4 is 10.1 Å². The van der Waals surface area contributed by atoms with Crippen molar-refractivity contribution in [3.63, 3.8) is 0 Å². The number of hydrogen-bond donors (Lipinski definition) is 1. The highest BCUT2D eigenvalue weighted by Crippen LogP contribution is 2.36. The molecule has 5 nitrogen and oxygen atoms in total. The third-order valence-electron chi connectivity index (χ3n) is 5.49. The lowest BCUT2D eigenvalue weighted by molar-refractivity contribution is -0.116. The van der Waals surface area contributed by atoms with Gasteiger partial charge in [0.05, 0.1) is 17.7 Å². The van der Waals surface area contributed by atoms with Crippen molar-refractivity contribution in [3.8, 4) is 16.9 Å². The highest BCUT2D eigenvalue weighted by atomic mass is 79.9. The largest absolute Gasteiger partial charge is 0.492 e. The third kappa shape index (κ3) is 7.18. The van der Waals surface area contributed by atoms with Crippen LogP contribution in [0.3, 0.4) is 0 Å². The Morgan fingerprint density at radius 3 is 2.43 bits per heavy atom. The van der Waals surface area contributed by atoms with Crippen molar-refractivity contribution < 1.29 is 19.1 Å². The Kier molecular flexibility index (Phi) is 9.14. The van der Waals surface area contributed by atoms with Gasteiger partial charge in [-0.2, -0.15) is 0 Å². The Hall–Kier alpha value is -2.64. The van der Waals surface area contributed by atoms with Crippen LogP contribution in [0.5, 0.6) is 5.75 Å². The molecule has 0 aliphatic rings. The Morgan fingerprint density at radius 2 is 1.80 bits per heavy atom. The Morgan fingerprint density at radius 1 is 1.09 bits per heavy atom. The van der Waals surface area contributed by atoms with Gasteiger partial charge in [0.25, 0.3) is 0 Å². The van der Waals surface area contributed by atoms with E-state index in [4.69, 9.17) is 9.47 Å². The summed E-state index contributed by atoms with van der Waals surface area (Å²) in [6.45, 7) is 10.9. The maximum absolute atomic E-state index is 12.7. The van der Waals surface area contributed by atoms with Gasteiger partial charge in [-0.1, -0.05) is 56.7 Å². The number of aryl methyl sites for hydroxylation is 1. The number of carbonyl (C=O) groups is 2. The molecule has 2 aromatic carbocycles. The van der Waals surface area contributed by atoms with Crippen LogP contribution in [0.25, 0.3) is 11.1 Å². The summed E-state index contributed by atoms with van der Waals surface area (Å²) in [5, 5.41) is 5.29. The Bertz CT molecular complexity index is 1180. The van der Waals surface area contributed by atoms with Crippen molar-refractivity contribution in [2.75, 3.05) is 18.5 Å². The van der Waals surface area contributed by atoms with Crippen LogP contribution in [-0.4, -0.2) is 25.1 Å². The summed E-state index contributed by atoms with van der Waals surface area (Å²) in [6.07, 6.45) is 0.821. The molecule has 1 aromatic heterocycles. The highest BCUT2D eigenvalue weighted by Gasteiger charge is 2.23. The van der Waals surface area contributed by atoms with E-state index in [1.807, 2.05) is 42.6 Å². The molecular formula is C28H32BrNO4S. The number of hydrogen-bond acceptors (Lipinski definition) is 5. The summed E-state index contributed by atoms with van der Waals surface area (Å²) in [5.41, 5.74) is 4.47. The molecule has 0 bridgehead atoms. The van der Waals surface area contributed by atoms with Crippen LogP contribution in [0.2, 0.25) is 0 Å². The smallest absolute Gasteiger partial charge is 0.341 e. The van der Waals surface area contributed by atoms with Crippen LogP contribution in [0.15, 0.2) is 52.3 Å². The zero-order chi connectivity index (χ0) is 25.6. The number of nitrogens with one attached hydrogen (secondary N) is 1. The average molecular weight is 559 g/mol. The minimum atomic E-state index is -0.438. The molecule has 0 aliphatic heterocycles. The van der Waals surface area contributed by atoms with Crippen LogP contribution in [0.1, 0.15) is 62.0 Å². The molecule has 0 radical (unpaired) electrons. The number of benzene rings is 2.